The van der Waals surface area contributed by atoms with Crippen molar-refractivity contribution in [2.75, 3.05) is 19.7 Å². The monoisotopic (exact) mass is 568 g/mol. The second kappa shape index (κ2) is 12.8. The molecular formula is C25H34FIN4O2. The molecule has 1 aliphatic carbocycles. The van der Waals surface area contributed by atoms with E-state index in [1.807, 2.05) is 37.3 Å². The Morgan fingerprint density at radius 2 is 1.91 bits per heavy atom. The number of amides is 1. The lowest BCUT2D eigenvalue weighted by Crippen LogP contribution is -2.43. The molecule has 3 rings (SSSR count). The average Bonchev–Trinajstić information content (AvgIpc) is 3.58. The maximum absolute atomic E-state index is 13.6. The van der Waals surface area contributed by atoms with E-state index in [0.29, 0.717) is 30.8 Å². The first kappa shape index (κ1) is 26.9. The maximum Gasteiger partial charge on any atom is 0.258 e. The second-order valence-corrected chi connectivity index (χ2v) is 8.72. The van der Waals surface area contributed by atoms with Gasteiger partial charge in [0, 0.05) is 24.5 Å². The first-order valence-corrected chi connectivity index (χ1v) is 11.1. The van der Waals surface area contributed by atoms with Crippen LogP contribution in [0.4, 0.5) is 4.39 Å². The Morgan fingerprint density at radius 3 is 2.61 bits per heavy atom. The number of aliphatic imine (C=N–C) groups is 1. The molecular weight excluding hydrogens is 534 g/mol. The van der Waals surface area contributed by atoms with Crippen LogP contribution in [-0.2, 0) is 16.8 Å². The molecule has 2 aromatic rings. The predicted octanol–water partition coefficient (Wildman–Crippen LogP) is 4.13. The summed E-state index contributed by atoms with van der Waals surface area (Å²) in [6.45, 7) is 7.95. The Balaban J connectivity index is 0.00000385. The number of benzene rings is 2. The summed E-state index contributed by atoms with van der Waals surface area (Å²) in [6.07, 6.45) is 2.11. The largest absolute Gasteiger partial charge is 0.484 e. The molecule has 0 unspecified atom stereocenters. The first-order valence-electron chi connectivity index (χ1n) is 11.1. The van der Waals surface area contributed by atoms with Crippen molar-refractivity contribution in [3.63, 3.8) is 0 Å². The van der Waals surface area contributed by atoms with Crippen LogP contribution < -0.4 is 20.7 Å². The van der Waals surface area contributed by atoms with Crippen LogP contribution in [0.5, 0.6) is 5.75 Å². The van der Waals surface area contributed by atoms with E-state index in [2.05, 4.69) is 34.8 Å². The van der Waals surface area contributed by atoms with Gasteiger partial charge in [0.25, 0.3) is 5.91 Å². The fourth-order valence-electron chi connectivity index (χ4n) is 3.21. The second-order valence-electron chi connectivity index (χ2n) is 8.72. The Morgan fingerprint density at radius 1 is 1.15 bits per heavy atom. The summed E-state index contributed by atoms with van der Waals surface area (Å²) in [6, 6.07) is 14.6. The molecule has 0 radical (unpaired) electrons. The van der Waals surface area contributed by atoms with Crippen LogP contribution in [0, 0.1) is 5.82 Å². The molecule has 0 aliphatic heterocycles. The number of carbonyl (C=O) groups is 1. The number of hydrogen-bond acceptors (Lipinski definition) is 3. The lowest BCUT2D eigenvalue weighted by molar-refractivity contribution is -0.123. The number of rotatable bonds is 10. The Kier molecular flexibility index (Phi) is 10.4. The lowest BCUT2D eigenvalue weighted by atomic mass is 9.84. The molecule has 6 nitrogen and oxygen atoms in total. The molecule has 0 aromatic heterocycles. The maximum atomic E-state index is 13.6. The fraction of sp³-hybridized carbons (Fsp3) is 0.440. The molecule has 0 spiro atoms. The van der Waals surface area contributed by atoms with Crippen molar-refractivity contribution in [3.05, 3.63) is 65.5 Å². The van der Waals surface area contributed by atoms with Crippen LogP contribution in [0.15, 0.2) is 53.5 Å². The van der Waals surface area contributed by atoms with Gasteiger partial charge in [0.15, 0.2) is 12.6 Å². The number of carbonyl (C=O) groups excluding carboxylic acids is 1. The summed E-state index contributed by atoms with van der Waals surface area (Å²) in [5, 5.41) is 9.52. The van der Waals surface area contributed by atoms with E-state index in [9.17, 15) is 9.18 Å². The van der Waals surface area contributed by atoms with Gasteiger partial charge in [0.2, 0.25) is 0 Å². The summed E-state index contributed by atoms with van der Waals surface area (Å²) < 4.78 is 19.2. The molecule has 0 atom stereocenters. The van der Waals surface area contributed by atoms with E-state index in [4.69, 9.17) is 4.74 Å². The van der Waals surface area contributed by atoms with Gasteiger partial charge in [-0.3, -0.25) is 4.79 Å². The van der Waals surface area contributed by atoms with E-state index >= 15 is 0 Å². The van der Waals surface area contributed by atoms with Crippen molar-refractivity contribution in [3.8, 4) is 5.75 Å². The fourth-order valence-corrected chi connectivity index (χ4v) is 3.21. The van der Waals surface area contributed by atoms with Crippen molar-refractivity contribution >= 4 is 35.8 Å². The normalized spacial score (nSPS) is 13.6. The Labute approximate surface area is 212 Å². The van der Waals surface area contributed by atoms with Crippen LogP contribution in [0.25, 0.3) is 0 Å². The smallest absolute Gasteiger partial charge is 0.258 e. The summed E-state index contributed by atoms with van der Waals surface area (Å²) in [5.74, 6) is 1.01. The Hall–Kier alpha value is -2.36. The molecule has 1 amide bonds. The molecule has 2 aromatic carbocycles. The minimum Gasteiger partial charge on any atom is -0.484 e. The van der Waals surface area contributed by atoms with E-state index in [1.54, 1.807) is 12.1 Å². The summed E-state index contributed by atoms with van der Waals surface area (Å²) in [7, 11) is 0. The molecule has 8 heteroatoms. The number of ether oxygens (including phenoxy) is 1. The van der Waals surface area contributed by atoms with Gasteiger partial charge < -0.3 is 20.7 Å². The van der Waals surface area contributed by atoms with Crippen molar-refractivity contribution in [1.82, 2.24) is 16.0 Å². The van der Waals surface area contributed by atoms with Crippen molar-refractivity contribution in [1.29, 1.82) is 0 Å². The van der Waals surface area contributed by atoms with E-state index in [0.717, 1.165) is 30.5 Å². The molecule has 180 valence electrons. The lowest BCUT2D eigenvalue weighted by Gasteiger charge is -2.27. The van der Waals surface area contributed by atoms with Crippen molar-refractivity contribution in [2.24, 2.45) is 4.99 Å². The zero-order chi connectivity index (χ0) is 23.0. The minimum absolute atomic E-state index is 0. The third-order valence-corrected chi connectivity index (χ3v) is 5.28. The van der Waals surface area contributed by atoms with Gasteiger partial charge in [0.1, 0.15) is 11.6 Å². The van der Waals surface area contributed by atoms with Gasteiger partial charge in [-0.1, -0.05) is 38.1 Å². The first-order chi connectivity index (χ1) is 15.4. The highest BCUT2D eigenvalue weighted by atomic mass is 127. The zero-order valence-electron chi connectivity index (χ0n) is 19.5. The average molecular weight is 568 g/mol. The Bertz CT molecular complexity index is 948. The number of guanidine groups is 1. The van der Waals surface area contributed by atoms with Gasteiger partial charge in [-0.05, 0) is 55.2 Å². The van der Waals surface area contributed by atoms with Gasteiger partial charge in [-0.25, -0.2) is 9.38 Å². The van der Waals surface area contributed by atoms with Crippen LogP contribution in [-0.4, -0.2) is 37.6 Å². The van der Waals surface area contributed by atoms with Crippen molar-refractivity contribution in [2.45, 2.75) is 51.6 Å². The summed E-state index contributed by atoms with van der Waals surface area (Å²) in [5.41, 5.74) is 1.63. The molecule has 33 heavy (non-hydrogen) atoms. The summed E-state index contributed by atoms with van der Waals surface area (Å²) in [4.78, 5) is 16.5. The number of nitrogens with one attached hydrogen (secondary N) is 3. The quantitative estimate of drug-likeness (QED) is 0.229. The van der Waals surface area contributed by atoms with Crippen LogP contribution >= 0.6 is 24.0 Å². The van der Waals surface area contributed by atoms with Crippen molar-refractivity contribution < 1.29 is 13.9 Å². The van der Waals surface area contributed by atoms with E-state index < -0.39 is 0 Å². The predicted molar refractivity (Wildman–Crippen MR) is 141 cm³/mol. The highest BCUT2D eigenvalue weighted by molar-refractivity contribution is 14.0. The SMILES string of the molecule is CCNC(=NCc1cccc(OCC(=O)NC2CC2)c1)NCC(C)(C)c1cccc(F)c1.I. The molecule has 0 saturated heterocycles. The molecule has 3 N–H and O–H groups in total. The van der Waals surface area contributed by atoms with Gasteiger partial charge in [-0.2, -0.15) is 0 Å². The van der Waals surface area contributed by atoms with E-state index in [1.165, 1.54) is 6.07 Å². The molecule has 1 fully saturated rings. The van der Waals surface area contributed by atoms with E-state index in [-0.39, 0.29) is 47.7 Å². The standard InChI is InChI=1S/C25H33FN4O2.HI/c1-4-27-24(29-17-25(2,3)19-8-6-9-20(26)14-19)28-15-18-7-5-10-22(13-18)32-16-23(31)30-21-11-12-21;/h5-10,13-14,21H,4,11-12,15-17H2,1-3H3,(H,30,31)(H2,27,28,29);1H. The number of nitrogens with zero attached hydrogens (tertiary/aromatic N) is 1. The van der Waals surface area contributed by atoms with Gasteiger partial charge in [-0.15, -0.1) is 24.0 Å². The number of halogens is 2. The van der Waals surface area contributed by atoms with Crippen LogP contribution in [0.3, 0.4) is 0 Å². The third-order valence-electron chi connectivity index (χ3n) is 5.28. The van der Waals surface area contributed by atoms with Crippen LogP contribution in [0.1, 0.15) is 44.7 Å². The molecule has 1 aliphatic rings. The van der Waals surface area contributed by atoms with Gasteiger partial charge in [0.05, 0.1) is 6.54 Å². The number of hydrogen-bond donors (Lipinski definition) is 3. The minimum atomic E-state index is -0.271. The summed E-state index contributed by atoms with van der Waals surface area (Å²) >= 11 is 0. The third kappa shape index (κ3) is 9.19. The zero-order valence-corrected chi connectivity index (χ0v) is 21.8. The highest BCUT2D eigenvalue weighted by Crippen LogP contribution is 2.23. The van der Waals surface area contributed by atoms with Gasteiger partial charge >= 0.3 is 0 Å². The van der Waals surface area contributed by atoms with Crippen LogP contribution in [0.2, 0.25) is 0 Å². The topological polar surface area (TPSA) is 74.8 Å². The highest BCUT2D eigenvalue weighted by Gasteiger charge is 2.23. The molecule has 0 heterocycles. The molecule has 0 bridgehead atoms. The molecule has 1 saturated carbocycles.